The molecule has 0 unspecified atom stereocenters. The standard InChI is InChI=1S/C16H14N2O3/c1-9-12(7-15(19)20)10(2)18-16(17-9)13-8-21-14-6-4-3-5-11(13)14/h3-6,8H,7H2,1-2H3,(H,19,20). The van der Waals surface area contributed by atoms with Gasteiger partial charge in [-0.15, -0.1) is 0 Å². The second-order valence-electron chi connectivity index (χ2n) is 4.91. The lowest BCUT2D eigenvalue weighted by Gasteiger charge is -2.08. The number of rotatable bonds is 3. The van der Waals surface area contributed by atoms with Crippen LogP contribution in [-0.4, -0.2) is 21.0 Å². The first-order valence-electron chi connectivity index (χ1n) is 6.59. The summed E-state index contributed by atoms with van der Waals surface area (Å²) in [5.74, 6) is -0.324. The second kappa shape index (κ2) is 5.01. The van der Waals surface area contributed by atoms with Crippen LogP contribution in [0, 0.1) is 13.8 Å². The lowest BCUT2D eigenvalue weighted by atomic mass is 10.1. The first kappa shape index (κ1) is 13.3. The zero-order valence-electron chi connectivity index (χ0n) is 11.8. The third kappa shape index (κ3) is 2.38. The summed E-state index contributed by atoms with van der Waals surface area (Å²) in [6, 6.07) is 7.67. The molecule has 1 N–H and O–H groups in total. The molecule has 0 saturated carbocycles. The summed E-state index contributed by atoms with van der Waals surface area (Å²) >= 11 is 0. The Labute approximate surface area is 121 Å². The fourth-order valence-electron chi connectivity index (χ4n) is 2.42. The van der Waals surface area contributed by atoms with Crippen LogP contribution < -0.4 is 0 Å². The number of aliphatic carboxylic acids is 1. The van der Waals surface area contributed by atoms with E-state index in [0.717, 1.165) is 16.5 Å². The first-order chi connectivity index (χ1) is 10.1. The van der Waals surface area contributed by atoms with Crippen molar-refractivity contribution >= 4 is 16.9 Å². The SMILES string of the molecule is Cc1nc(-c2coc3ccccc23)nc(C)c1CC(=O)O. The minimum absolute atomic E-state index is 0.0654. The summed E-state index contributed by atoms with van der Waals surface area (Å²) in [5.41, 5.74) is 3.63. The van der Waals surface area contributed by atoms with Crippen LogP contribution in [0.5, 0.6) is 0 Å². The highest BCUT2D eigenvalue weighted by atomic mass is 16.4. The zero-order chi connectivity index (χ0) is 15.0. The lowest BCUT2D eigenvalue weighted by molar-refractivity contribution is -0.136. The molecule has 0 aliphatic heterocycles. The molecule has 5 heteroatoms. The van der Waals surface area contributed by atoms with Gasteiger partial charge in [-0.1, -0.05) is 18.2 Å². The molecule has 3 rings (SSSR count). The molecule has 0 spiro atoms. The predicted molar refractivity (Wildman–Crippen MR) is 78.1 cm³/mol. The van der Waals surface area contributed by atoms with Gasteiger partial charge < -0.3 is 9.52 Å². The number of nitrogens with zero attached hydrogens (tertiary/aromatic N) is 2. The normalized spacial score (nSPS) is 11.0. The third-order valence-electron chi connectivity index (χ3n) is 3.47. The molecule has 106 valence electrons. The number of hydrogen-bond acceptors (Lipinski definition) is 4. The predicted octanol–water partition coefficient (Wildman–Crippen LogP) is 3.13. The van der Waals surface area contributed by atoms with Gasteiger partial charge in [-0.2, -0.15) is 0 Å². The number of carboxylic acid groups (broad SMARTS) is 1. The Balaban J connectivity index is 2.13. The largest absolute Gasteiger partial charge is 0.481 e. The maximum absolute atomic E-state index is 10.9. The molecule has 3 aromatic rings. The number of benzene rings is 1. The lowest BCUT2D eigenvalue weighted by Crippen LogP contribution is -2.08. The summed E-state index contributed by atoms with van der Waals surface area (Å²) in [6.45, 7) is 3.61. The van der Waals surface area contributed by atoms with E-state index in [0.29, 0.717) is 22.8 Å². The molecule has 21 heavy (non-hydrogen) atoms. The number of aromatic nitrogens is 2. The monoisotopic (exact) mass is 282 g/mol. The number of furan rings is 1. The summed E-state index contributed by atoms with van der Waals surface area (Å²) in [5, 5.41) is 9.89. The van der Waals surface area contributed by atoms with E-state index < -0.39 is 5.97 Å². The Hall–Kier alpha value is -2.69. The van der Waals surface area contributed by atoms with Crippen molar-refractivity contribution in [2.45, 2.75) is 20.3 Å². The average Bonchev–Trinajstić information content (AvgIpc) is 2.86. The van der Waals surface area contributed by atoms with E-state index in [4.69, 9.17) is 9.52 Å². The zero-order valence-corrected chi connectivity index (χ0v) is 11.8. The van der Waals surface area contributed by atoms with Gasteiger partial charge in [-0.25, -0.2) is 9.97 Å². The van der Waals surface area contributed by atoms with Crippen molar-refractivity contribution < 1.29 is 14.3 Å². The van der Waals surface area contributed by atoms with Gasteiger partial charge in [0, 0.05) is 22.3 Å². The van der Waals surface area contributed by atoms with Crippen molar-refractivity contribution in [1.82, 2.24) is 9.97 Å². The number of aryl methyl sites for hydroxylation is 2. The maximum atomic E-state index is 10.9. The Morgan fingerprint density at radius 2 is 1.86 bits per heavy atom. The molecule has 2 aromatic heterocycles. The molecule has 0 saturated heterocycles. The van der Waals surface area contributed by atoms with Gasteiger partial charge in [-0.3, -0.25) is 4.79 Å². The van der Waals surface area contributed by atoms with E-state index in [-0.39, 0.29) is 6.42 Å². The van der Waals surface area contributed by atoms with Crippen molar-refractivity contribution in [3.05, 3.63) is 47.5 Å². The van der Waals surface area contributed by atoms with Crippen LogP contribution in [0.4, 0.5) is 0 Å². The highest BCUT2D eigenvalue weighted by Crippen LogP contribution is 2.29. The molecule has 0 amide bonds. The van der Waals surface area contributed by atoms with Gasteiger partial charge in [0.2, 0.25) is 0 Å². The van der Waals surface area contributed by atoms with Crippen LogP contribution >= 0.6 is 0 Å². The Kier molecular flexibility index (Phi) is 3.17. The Morgan fingerprint density at radius 3 is 2.52 bits per heavy atom. The molecule has 0 radical (unpaired) electrons. The van der Waals surface area contributed by atoms with Crippen LogP contribution in [0.15, 0.2) is 34.9 Å². The van der Waals surface area contributed by atoms with E-state index in [1.807, 2.05) is 24.3 Å². The number of para-hydroxylation sites is 1. The fourth-order valence-corrected chi connectivity index (χ4v) is 2.42. The maximum Gasteiger partial charge on any atom is 0.307 e. The molecule has 0 aliphatic carbocycles. The molecule has 0 fully saturated rings. The quantitative estimate of drug-likeness (QED) is 0.798. The first-order valence-corrected chi connectivity index (χ1v) is 6.59. The fraction of sp³-hybridized carbons (Fsp3) is 0.188. The van der Waals surface area contributed by atoms with Crippen LogP contribution in [0.25, 0.3) is 22.4 Å². The van der Waals surface area contributed by atoms with Gasteiger partial charge in [-0.05, 0) is 19.9 Å². The molecule has 1 aromatic carbocycles. The van der Waals surface area contributed by atoms with E-state index in [1.54, 1.807) is 20.1 Å². The summed E-state index contributed by atoms with van der Waals surface area (Å²) in [6.07, 6.45) is 1.57. The minimum atomic E-state index is -0.883. The minimum Gasteiger partial charge on any atom is -0.481 e. The van der Waals surface area contributed by atoms with Crippen molar-refractivity contribution in [2.24, 2.45) is 0 Å². The van der Waals surface area contributed by atoms with Gasteiger partial charge in [0.1, 0.15) is 11.8 Å². The highest BCUT2D eigenvalue weighted by Gasteiger charge is 2.15. The molecule has 0 bridgehead atoms. The summed E-state index contributed by atoms with van der Waals surface area (Å²) < 4.78 is 5.50. The molecular formula is C16H14N2O3. The van der Waals surface area contributed by atoms with Gasteiger partial charge in [0.05, 0.1) is 12.0 Å². The van der Waals surface area contributed by atoms with E-state index in [2.05, 4.69) is 9.97 Å². The van der Waals surface area contributed by atoms with Crippen LogP contribution in [0.2, 0.25) is 0 Å². The van der Waals surface area contributed by atoms with Crippen molar-refractivity contribution in [3.8, 4) is 11.4 Å². The van der Waals surface area contributed by atoms with Crippen molar-refractivity contribution in [1.29, 1.82) is 0 Å². The molecular weight excluding hydrogens is 268 g/mol. The number of carbonyl (C=O) groups is 1. The van der Waals surface area contributed by atoms with E-state index in [1.165, 1.54) is 0 Å². The topological polar surface area (TPSA) is 76.2 Å². The van der Waals surface area contributed by atoms with Crippen molar-refractivity contribution in [3.63, 3.8) is 0 Å². The molecule has 0 aliphatic rings. The summed E-state index contributed by atoms with van der Waals surface area (Å²) in [7, 11) is 0. The number of carboxylic acids is 1. The van der Waals surface area contributed by atoms with Crippen LogP contribution in [0.3, 0.4) is 0 Å². The average molecular weight is 282 g/mol. The van der Waals surface area contributed by atoms with Gasteiger partial charge in [0.15, 0.2) is 5.82 Å². The molecule has 5 nitrogen and oxygen atoms in total. The van der Waals surface area contributed by atoms with Crippen molar-refractivity contribution in [2.75, 3.05) is 0 Å². The Bertz CT molecular complexity index is 813. The number of fused-ring (bicyclic) bond motifs is 1. The van der Waals surface area contributed by atoms with E-state index >= 15 is 0 Å². The third-order valence-corrected chi connectivity index (χ3v) is 3.47. The number of hydrogen-bond donors (Lipinski definition) is 1. The van der Waals surface area contributed by atoms with Crippen LogP contribution in [-0.2, 0) is 11.2 Å². The molecule has 2 heterocycles. The van der Waals surface area contributed by atoms with Gasteiger partial charge >= 0.3 is 5.97 Å². The molecule has 0 atom stereocenters. The summed E-state index contributed by atoms with van der Waals surface area (Å²) in [4.78, 5) is 19.8. The Morgan fingerprint density at radius 1 is 1.19 bits per heavy atom. The van der Waals surface area contributed by atoms with E-state index in [9.17, 15) is 4.79 Å². The van der Waals surface area contributed by atoms with Crippen LogP contribution in [0.1, 0.15) is 17.0 Å². The smallest absolute Gasteiger partial charge is 0.307 e. The van der Waals surface area contributed by atoms with Gasteiger partial charge in [0.25, 0.3) is 0 Å². The highest BCUT2D eigenvalue weighted by molar-refractivity contribution is 5.92. The second-order valence-corrected chi connectivity index (χ2v) is 4.91.